The second kappa shape index (κ2) is 6.80. The fraction of sp³-hybridized carbons (Fsp3) is 0.368. The van der Waals surface area contributed by atoms with Crippen LogP contribution in [-0.2, 0) is 13.6 Å². The summed E-state index contributed by atoms with van der Waals surface area (Å²) in [5.41, 5.74) is 2.18. The van der Waals surface area contributed by atoms with Crippen molar-refractivity contribution in [1.82, 2.24) is 24.6 Å². The summed E-state index contributed by atoms with van der Waals surface area (Å²) >= 11 is 0. The maximum atomic E-state index is 13.0. The van der Waals surface area contributed by atoms with Crippen molar-refractivity contribution >= 4 is 0 Å². The number of nitrogens with one attached hydrogen (secondary N) is 1. The Hall–Kier alpha value is -2.47. The topological polar surface area (TPSA) is 49.7 Å². The van der Waals surface area contributed by atoms with Crippen LogP contribution in [0.3, 0.4) is 0 Å². The molecular weight excluding hydrogens is 317 g/mol. The number of halogens is 1. The van der Waals surface area contributed by atoms with Gasteiger partial charge < -0.3 is 4.57 Å². The largest absolute Gasteiger partial charge is 0.353 e. The van der Waals surface area contributed by atoms with Gasteiger partial charge in [0.15, 0.2) is 5.82 Å². The molecule has 3 heterocycles. The smallest absolute Gasteiger partial charge is 0.181 e. The number of piperidine rings is 1. The molecule has 1 N–H and O–H groups in total. The van der Waals surface area contributed by atoms with Crippen molar-refractivity contribution in [3.63, 3.8) is 0 Å². The van der Waals surface area contributed by atoms with Crippen LogP contribution in [0.15, 0.2) is 42.6 Å². The van der Waals surface area contributed by atoms with E-state index in [1.54, 1.807) is 12.1 Å². The van der Waals surface area contributed by atoms with Gasteiger partial charge in [-0.15, -0.1) is 0 Å². The summed E-state index contributed by atoms with van der Waals surface area (Å²) in [7, 11) is 2.09. The molecule has 4 rings (SSSR count). The monoisotopic (exact) mass is 339 g/mol. The number of likely N-dealkylation sites (tertiary alicyclic amines) is 1. The number of hydrogen-bond donors (Lipinski definition) is 1. The number of aromatic nitrogens is 4. The van der Waals surface area contributed by atoms with E-state index in [-0.39, 0.29) is 5.82 Å². The molecule has 1 aliphatic heterocycles. The minimum Gasteiger partial charge on any atom is -0.353 e. The molecule has 0 atom stereocenters. The van der Waals surface area contributed by atoms with Gasteiger partial charge in [-0.25, -0.2) is 9.37 Å². The van der Waals surface area contributed by atoms with E-state index in [1.165, 1.54) is 17.8 Å². The van der Waals surface area contributed by atoms with Gasteiger partial charge in [0, 0.05) is 37.0 Å². The van der Waals surface area contributed by atoms with Crippen molar-refractivity contribution in [2.75, 3.05) is 13.1 Å². The van der Waals surface area contributed by atoms with Crippen LogP contribution >= 0.6 is 0 Å². The maximum Gasteiger partial charge on any atom is 0.181 e. The van der Waals surface area contributed by atoms with E-state index in [0.29, 0.717) is 11.7 Å². The number of aromatic amines is 1. The lowest BCUT2D eigenvalue weighted by atomic mass is 9.96. The number of hydrogen-bond acceptors (Lipinski definition) is 3. The number of aryl methyl sites for hydroxylation is 1. The molecular formula is C19H22FN5. The van der Waals surface area contributed by atoms with Crippen LogP contribution < -0.4 is 0 Å². The highest BCUT2D eigenvalue weighted by Gasteiger charge is 2.24. The number of benzene rings is 1. The van der Waals surface area contributed by atoms with Crippen molar-refractivity contribution in [2.45, 2.75) is 25.3 Å². The third-order valence-electron chi connectivity index (χ3n) is 5.02. The average molecular weight is 339 g/mol. The lowest BCUT2D eigenvalue weighted by Gasteiger charge is -2.30. The molecule has 0 unspecified atom stereocenters. The fourth-order valence-electron chi connectivity index (χ4n) is 3.44. The molecule has 6 heteroatoms. The molecule has 0 spiro atoms. The zero-order valence-corrected chi connectivity index (χ0v) is 14.3. The molecule has 25 heavy (non-hydrogen) atoms. The molecule has 1 saturated heterocycles. The van der Waals surface area contributed by atoms with Crippen LogP contribution in [0, 0.1) is 5.82 Å². The molecule has 0 saturated carbocycles. The van der Waals surface area contributed by atoms with E-state index in [4.69, 9.17) is 0 Å². The van der Waals surface area contributed by atoms with Crippen LogP contribution in [0.2, 0.25) is 0 Å². The summed E-state index contributed by atoms with van der Waals surface area (Å²) in [4.78, 5) is 7.13. The van der Waals surface area contributed by atoms with Gasteiger partial charge in [0.05, 0.1) is 0 Å². The molecule has 5 nitrogen and oxygen atoms in total. The van der Waals surface area contributed by atoms with Crippen LogP contribution in [0.4, 0.5) is 4.39 Å². The third kappa shape index (κ3) is 3.49. The lowest BCUT2D eigenvalue weighted by Crippen LogP contribution is -2.33. The zero-order valence-electron chi connectivity index (χ0n) is 14.3. The Balaban J connectivity index is 1.38. The van der Waals surface area contributed by atoms with Crippen molar-refractivity contribution in [3.05, 3.63) is 59.9 Å². The minimum absolute atomic E-state index is 0.245. The standard InChI is InChI=1S/C19H22FN5/c1-24-10-2-3-17(24)13-25-11-8-15(9-12-25)19-21-18(22-23-19)14-4-6-16(20)7-5-14/h2-7,10,15H,8-9,11-13H2,1H3,(H,21,22,23). The second-order valence-corrected chi connectivity index (χ2v) is 6.71. The highest BCUT2D eigenvalue weighted by Crippen LogP contribution is 2.27. The van der Waals surface area contributed by atoms with E-state index in [1.807, 2.05) is 0 Å². The van der Waals surface area contributed by atoms with E-state index >= 15 is 0 Å². The number of rotatable bonds is 4. The summed E-state index contributed by atoms with van der Waals surface area (Å²) < 4.78 is 15.2. The normalized spacial score (nSPS) is 16.4. The molecule has 1 fully saturated rings. The van der Waals surface area contributed by atoms with E-state index in [2.05, 4.69) is 50.0 Å². The maximum absolute atomic E-state index is 13.0. The van der Waals surface area contributed by atoms with Crippen molar-refractivity contribution in [3.8, 4) is 11.4 Å². The summed E-state index contributed by atoms with van der Waals surface area (Å²) in [5, 5.41) is 7.39. The number of H-pyrrole nitrogens is 1. The van der Waals surface area contributed by atoms with Crippen LogP contribution in [0.5, 0.6) is 0 Å². The summed E-state index contributed by atoms with van der Waals surface area (Å²) in [6.07, 6.45) is 4.23. The molecule has 0 bridgehead atoms. The highest BCUT2D eigenvalue weighted by atomic mass is 19.1. The minimum atomic E-state index is -0.245. The molecule has 0 aliphatic carbocycles. The Morgan fingerprint density at radius 3 is 2.60 bits per heavy atom. The first-order valence-electron chi connectivity index (χ1n) is 8.70. The first kappa shape index (κ1) is 16.0. The second-order valence-electron chi connectivity index (χ2n) is 6.71. The van der Waals surface area contributed by atoms with Gasteiger partial charge in [-0.3, -0.25) is 10.00 Å². The SMILES string of the molecule is Cn1cccc1CN1CCC(c2nc(-c3ccc(F)cc3)n[nH]2)CC1. The van der Waals surface area contributed by atoms with Gasteiger partial charge >= 0.3 is 0 Å². The summed E-state index contributed by atoms with van der Waals surface area (Å²) in [6, 6.07) is 10.6. The summed E-state index contributed by atoms with van der Waals surface area (Å²) in [6.45, 7) is 3.11. The van der Waals surface area contributed by atoms with Crippen LogP contribution in [-0.4, -0.2) is 37.7 Å². The Morgan fingerprint density at radius 2 is 1.92 bits per heavy atom. The van der Waals surface area contributed by atoms with E-state index < -0.39 is 0 Å². The molecule has 0 amide bonds. The van der Waals surface area contributed by atoms with Crippen molar-refractivity contribution in [2.24, 2.45) is 7.05 Å². The average Bonchev–Trinajstić information content (AvgIpc) is 3.26. The Kier molecular flexibility index (Phi) is 4.36. The van der Waals surface area contributed by atoms with Crippen LogP contribution in [0.1, 0.15) is 30.3 Å². The molecule has 1 aliphatic rings. The van der Waals surface area contributed by atoms with Crippen molar-refractivity contribution < 1.29 is 4.39 Å². The van der Waals surface area contributed by atoms with E-state index in [9.17, 15) is 4.39 Å². The van der Waals surface area contributed by atoms with Gasteiger partial charge in [-0.1, -0.05) is 0 Å². The predicted molar refractivity (Wildman–Crippen MR) is 94.4 cm³/mol. The number of nitrogens with zero attached hydrogens (tertiary/aromatic N) is 4. The Labute approximate surface area is 146 Å². The molecule has 1 aromatic carbocycles. The first-order valence-corrected chi connectivity index (χ1v) is 8.70. The molecule has 3 aromatic rings. The molecule has 2 aromatic heterocycles. The Morgan fingerprint density at radius 1 is 1.16 bits per heavy atom. The summed E-state index contributed by atoms with van der Waals surface area (Å²) in [5.74, 6) is 1.75. The highest BCUT2D eigenvalue weighted by molar-refractivity contribution is 5.54. The lowest BCUT2D eigenvalue weighted by molar-refractivity contribution is 0.198. The quantitative estimate of drug-likeness (QED) is 0.793. The van der Waals surface area contributed by atoms with Gasteiger partial charge in [0.25, 0.3) is 0 Å². The fourth-order valence-corrected chi connectivity index (χ4v) is 3.44. The van der Waals surface area contributed by atoms with Crippen LogP contribution in [0.25, 0.3) is 11.4 Å². The Bertz CT molecular complexity index is 828. The van der Waals surface area contributed by atoms with Gasteiger partial charge in [0.2, 0.25) is 0 Å². The zero-order chi connectivity index (χ0) is 17.2. The van der Waals surface area contributed by atoms with Gasteiger partial charge in [0.1, 0.15) is 11.6 Å². The van der Waals surface area contributed by atoms with Gasteiger partial charge in [-0.05, 0) is 62.3 Å². The van der Waals surface area contributed by atoms with Crippen molar-refractivity contribution in [1.29, 1.82) is 0 Å². The molecule has 130 valence electrons. The predicted octanol–water partition coefficient (Wildman–Crippen LogP) is 3.33. The first-order chi connectivity index (χ1) is 12.2. The van der Waals surface area contributed by atoms with Gasteiger partial charge in [-0.2, -0.15) is 5.10 Å². The molecule has 0 radical (unpaired) electrons. The third-order valence-corrected chi connectivity index (χ3v) is 5.02. The van der Waals surface area contributed by atoms with E-state index in [0.717, 1.165) is 43.9 Å².